The van der Waals surface area contributed by atoms with Gasteiger partial charge in [-0.15, -0.1) is 5.10 Å². The fourth-order valence-electron chi connectivity index (χ4n) is 3.21. The summed E-state index contributed by atoms with van der Waals surface area (Å²) in [7, 11) is 0. The van der Waals surface area contributed by atoms with Gasteiger partial charge in [0.05, 0.1) is 18.3 Å². The van der Waals surface area contributed by atoms with Crippen molar-refractivity contribution in [1.29, 1.82) is 0 Å². The van der Waals surface area contributed by atoms with E-state index < -0.39 is 24.0 Å². The minimum atomic E-state index is -4.57. The second kappa shape index (κ2) is 9.01. The highest BCUT2D eigenvalue weighted by Gasteiger charge is 2.34. The fourth-order valence-corrected chi connectivity index (χ4v) is 3.86. The van der Waals surface area contributed by atoms with Crippen molar-refractivity contribution < 1.29 is 22.4 Å². The maximum Gasteiger partial charge on any atom is 0.433 e. The summed E-state index contributed by atoms with van der Waals surface area (Å²) < 4.78 is 48.2. The van der Waals surface area contributed by atoms with Crippen molar-refractivity contribution in [3.8, 4) is 11.3 Å². The number of Topliss-reactive ketones (excluding diaryl/α,β-unsaturated/α-hetero) is 1. The number of aromatic nitrogens is 3. The Morgan fingerprint density at radius 1 is 1.09 bits per heavy atom. The predicted octanol–water partition coefficient (Wildman–Crippen LogP) is 5.49. The molecule has 2 unspecified atom stereocenters. The number of pyridine rings is 1. The molecule has 0 aliphatic rings. The van der Waals surface area contributed by atoms with Crippen LogP contribution in [0.2, 0.25) is 0 Å². The van der Waals surface area contributed by atoms with Gasteiger partial charge in [-0.25, -0.2) is 0 Å². The molecule has 32 heavy (non-hydrogen) atoms. The van der Waals surface area contributed by atoms with E-state index in [1.807, 2.05) is 18.2 Å². The van der Waals surface area contributed by atoms with E-state index in [0.717, 1.165) is 23.8 Å². The van der Waals surface area contributed by atoms with Gasteiger partial charge in [0.2, 0.25) is 0 Å². The molecule has 0 spiro atoms. The van der Waals surface area contributed by atoms with Gasteiger partial charge >= 0.3 is 6.18 Å². The molecule has 0 radical (unpaired) electrons. The molecule has 4 aromatic rings. The summed E-state index contributed by atoms with van der Waals surface area (Å²) in [5.74, 6) is 0.201. The van der Waals surface area contributed by atoms with Crippen molar-refractivity contribution in [1.82, 2.24) is 19.9 Å². The smallest absolute Gasteiger partial charge is 0.433 e. The van der Waals surface area contributed by atoms with Crippen LogP contribution in [-0.4, -0.2) is 20.4 Å². The average molecular weight is 458 g/mol. The minimum absolute atomic E-state index is 0.286. The SMILES string of the molecule is CC(NC(C(=O)c1snnc1-c1ccccc1)c1ccc(C(F)(F)F)nc1)c1ccco1. The number of carbonyl (C=O) groups excluding carboxylic acids is 1. The zero-order valence-electron chi connectivity index (χ0n) is 16.7. The van der Waals surface area contributed by atoms with Gasteiger partial charge in [0.1, 0.15) is 22.0 Å². The lowest BCUT2D eigenvalue weighted by atomic mass is 9.99. The molecule has 0 bridgehead atoms. The second-order valence-corrected chi connectivity index (χ2v) is 7.75. The lowest BCUT2D eigenvalue weighted by Crippen LogP contribution is -2.31. The topological polar surface area (TPSA) is 80.9 Å². The van der Waals surface area contributed by atoms with E-state index in [4.69, 9.17) is 4.42 Å². The fraction of sp³-hybridized carbons (Fsp3) is 0.182. The van der Waals surface area contributed by atoms with Crippen LogP contribution in [0.3, 0.4) is 0 Å². The number of benzene rings is 1. The van der Waals surface area contributed by atoms with Gasteiger partial charge in [-0.05, 0) is 42.2 Å². The molecule has 0 saturated carbocycles. The monoisotopic (exact) mass is 458 g/mol. The predicted molar refractivity (Wildman–Crippen MR) is 112 cm³/mol. The van der Waals surface area contributed by atoms with Gasteiger partial charge in [0.25, 0.3) is 0 Å². The maximum atomic E-state index is 13.6. The van der Waals surface area contributed by atoms with Gasteiger partial charge in [-0.1, -0.05) is 40.9 Å². The van der Waals surface area contributed by atoms with Gasteiger partial charge in [0, 0.05) is 11.8 Å². The van der Waals surface area contributed by atoms with Crippen molar-refractivity contribution in [3.05, 3.63) is 89.0 Å². The van der Waals surface area contributed by atoms with Gasteiger partial charge in [0.15, 0.2) is 5.78 Å². The molecular weight excluding hydrogens is 441 g/mol. The number of nitrogens with one attached hydrogen (secondary N) is 1. The number of hydrogen-bond donors (Lipinski definition) is 1. The Morgan fingerprint density at radius 3 is 2.50 bits per heavy atom. The molecule has 1 aromatic carbocycles. The molecule has 2 atom stereocenters. The van der Waals surface area contributed by atoms with Crippen molar-refractivity contribution in [2.24, 2.45) is 0 Å². The lowest BCUT2D eigenvalue weighted by Gasteiger charge is -2.21. The Kier molecular flexibility index (Phi) is 6.15. The van der Waals surface area contributed by atoms with E-state index in [-0.39, 0.29) is 11.3 Å². The summed E-state index contributed by atoms with van der Waals surface area (Å²) in [5, 5.41) is 7.24. The van der Waals surface area contributed by atoms with Crippen LogP contribution in [0.4, 0.5) is 13.2 Å². The zero-order valence-corrected chi connectivity index (χ0v) is 17.5. The van der Waals surface area contributed by atoms with Crippen LogP contribution >= 0.6 is 11.5 Å². The molecule has 6 nitrogen and oxygen atoms in total. The number of rotatable bonds is 7. The van der Waals surface area contributed by atoms with Crippen LogP contribution < -0.4 is 5.32 Å². The molecule has 1 N–H and O–H groups in total. The normalized spacial score (nSPS) is 13.6. The Morgan fingerprint density at radius 2 is 1.88 bits per heavy atom. The standard InChI is InChI=1S/C22H17F3N4O2S/c1-13(16-8-5-11-31-16)27-18(15-9-10-17(26-12-15)22(23,24)25)20(30)21-19(28-29-32-21)14-6-3-2-4-7-14/h2-13,18,27H,1H3. The van der Waals surface area contributed by atoms with Crippen LogP contribution in [0.25, 0.3) is 11.3 Å². The number of furan rings is 1. The molecule has 164 valence electrons. The minimum Gasteiger partial charge on any atom is -0.468 e. The Bertz CT molecular complexity index is 1180. The van der Waals surface area contributed by atoms with Crippen LogP contribution in [0, 0.1) is 0 Å². The van der Waals surface area contributed by atoms with E-state index in [9.17, 15) is 18.0 Å². The summed E-state index contributed by atoms with van der Waals surface area (Å²) in [6.07, 6.45) is -2.01. The second-order valence-electron chi connectivity index (χ2n) is 6.99. The number of nitrogens with zero attached hydrogens (tertiary/aromatic N) is 3. The molecule has 4 rings (SSSR count). The van der Waals surface area contributed by atoms with Crippen molar-refractivity contribution in [2.75, 3.05) is 0 Å². The molecule has 3 heterocycles. The van der Waals surface area contributed by atoms with E-state index >= 15 is 0 Å². The quantitative estimate of drug-likeness (QED) is 0.369. The Labute approximate surface area is 185 Å². The summed E-state index contributed by atoms with van der Waals surface area (Å²) in [5.41, 5.74) is 0.385. The van der Waals surface area contributed by atoms with E-state index in [1.54, 1.807) is 31.2 Å². The molecule has 0 amide bonds. The molecule has 0 fully saturated rings. The molecule has 0 aliphatic heterocycles. The summed E-state index contributed by atoms with van der Waals surface area (Å²) in [6.45, 7) is 1.79. The van der Waals surface area contributed by atoms with Crippen molar-refractivity contribution in [2.45, 2.75) is 25.2 Å². The molecule has 10 heteroatoms. The molecule has 0 saturated heterocycles. The highest BCUT2D eigenvalue weighted by Crippen LogP contribution is 2.32. The third-order valence-corrected chi connectivity index (χ3v) is 5.56. The van der Waals surface area contributed by atoms with Crippen LogP contribution in [0.1, 0.15) is 45.7 Å². The third-order valence-electron chi connectivity index (χ3n) is 4.82. The molecular formula is C22H17F3N4O2S. The number of carbonyl (C=O) groups is 1. The number of alkyl halides is 3. The first-order valence-corrected chi connectivity index (χ1v) is 10.4. The van der Waals surface area contributed by atoms with Gasteiger partial charge in [-0.3, -0.25) is 15.1 Å². The highest BCUT2D eigenvalue weighted by molar-refractivity contribution is 7.08. The average Bonchev–Trinajstić information content (AvgIpc) is 3.49. The largest absolute Gasteiger partial charge is 0.468 e. The number of halogens is 3. The summed E-state index contributed by atoms with van der Waals surface area (Å²) in [6, 6.07) is 13.3. The Hall–Kier alpha value is -3.37. The van der Waals surface area contributed by atoms with Crippen molar-refractivity contribution >= 4 is 17.3 Å². The summed E-state index contributed by atoms with van der Waals surface area (Å²) in [4.78, 5) is 17.4. The number of ketones is 1. The zero-order chi connectivity index (χ0) is 22.7. The first kappa shape index (κ1) is 21.8. The van der Waals surface area contributed by atoms with Gasteiger partial charge in [-0.2, -0.15) is 13.2 Å². The molecule has 3 aromatic heterocycles. The van der Waals surface area contributed by atoms with Crippen LogP contribution in [-0.2, 0) is 6.18 Å². The molecule has 0 aliphatic carbocycles. The van der Waals surface area contributed by atoms with Crippen LogP contribution in [0.15, 0.2) is 71.5 Å². The summed E-state index contributed by atoms with van der Waals surface area (Å²) >= 11 is 0.933. The maximum absolute atomic E-state index is 13.6. The number of hydrogen-bond acceptors (Lipinski definition) is 7. The lowest BCUT2D eigenvalue weighted by molar-refractivity contribution is -0.141. The van der Waals surface area contributed by atoms with Crippen molar-refractivity contribution in [3.63, 3.8) is 0 Å². The van der Waals surface area contributed by atoms with Gasteiger partial charge < -0.3 is 4.42 Å². The first-order valence-electron chi connectivity index (χ1n) is 9.59. The van der Waals surface area contributed by atoms with Crippen LogP contribution in [0.5, 0.6) is 0 Å². The highest BCUT2D eigenvalue weighted by atomic mass is 32.1. The van der Waals surface area contributed by atoms with E-state index in [0.29, 0.717) is 21.9 Å². The van der Waals surface area contributed by atoms with E-state index in [1.165, 1.54) is 12.3 Å². The first-order chi connectivity index (χ1) is 15.3. The van der Waals surface area contributed by atoms with E-state index in [2.05, 4.69) is 19.9 Å². The Balaban J connectivity index is 1.71. The third kappa shape index (κ3) is 4.61.